The van der Waals surface area contributed by atoms with E-state index in [1.807, 2.05) is 13.8 Å². The van der Waals surface area contributed by atoms with Gasteiger partial charge < -0.3 is 25.4 Å². The van der Waals surface area contributed by atoms with Crippen LogP contribution >= 0.6 is 0 Å². The number of hydrogen-bond acceptors (Lipinski definition) is 5. The summed E-state index contributed by atoms with van der Waals surface area (Å²) in [5.41, 5.74) is -0.908. The van der Waals surface area contributed by atoms with Crippen LogP contribution in [0.4, 0.5) is 0 Å². The Balaban J connectivity index is 1.90. The van der Waals surface area contributed by atoms with Crippen LogP contribution in [-0.2, 0) is 19.1 Å². The lowest BCUT2D eigenvalue weighted by molar-refractivity contribution is -0.142. The number of aliphatic hydroxyl groups excluding tert-OH is 1. The molecule has 3 rings (SSSR count). The number of likely N-dealkylation sites (tertiary alicyclic amines) is 1. The molecule has 8 nitrogen and oxygen atoms in total. The van der Waals surface area contributed by atoms with Gasteiger partial charge in [-0.25, -0.2) is 0 Å². The highest BCUT2D eigenvalue weighted by Crippen LogP contribution is 2.58. The van der Waals surface area contributed by atoms with Gasteiger partial charge >= 0.3 is 0 Å². The summed E-state index contributed by atoms with van der Waals surface area (Å²) in [6.07, 6.45) is 3.15. The minimum absolute atomic E-state index is 0.0485. The van der Waals surface area contributed by atoms with Crippen LogP contribution in [0.25, 0.3) is 0 Å². The first-order valence-corrected chi connectivity index (χ1v) is 9.98. The lowest BCUT2D eigenvalue weighted by Crippen LogP contribution is -2.56. The normalized spacial score (nSPS) is 34.3. The van der Waals surface area contributed by atoms with Crippen LogP contribution < -0.4 is 10.6 Å². The van der Waals surface area contributed by atoms with Gasteiger partial charge in [0.25, 0.3) is 0 Å². The van der Waals surface area contributed by atoms with Gasteiger partial charge in [0.2, 0.25) is 17.7 Å². The second-order valence-electron chi connectivity index (χ2n) is 8.15. The maximum atomic E-state index is 13.3. The fraction of sp³-hybridized carbons (Fsp3) is 0.842. The Bertz CT molecular complexity index is 610. The summed E-state index contributed by atoms with van der Waals surface area (Å²) in [7, 11) is 1.57. The first-order chi connectivity index (χ1) is 12.9. The van der Waals surface area contributed by atoms with Crippen LogP contribution in [0, 0.1) is 11.8 Å². The van der Waals surface area contributed by atoms with E-state index in [0.29, 0.717) is 32.2 Å². The van der Waals surface area contributed by atoms with Crippen molar-refractivity contribution in [1.29, 1.82) is 0 Å². The molecular weight excluding hydrogens is 350 g/mol. The zero-order chi connectivity index (χ0) is 19.8. The maximum Gasteiger partial charge on any atom is 0.246 e. The molecule has 3 amide bonds. The van der Waals surface area contributed by atoms with Gasteiger partial charge in [-0.05, 0) is 46.0 Å². The third-order valence-electron chi connectivity index (χ3n) is 6.09. The number of carbonyl (C=O) groups is 3. The molecular formula is C19H31N3O5. The van der Waals surface area contributed by atoms with E-state index in [2.05, 4.69) is 10.6 Å². The molecule has 27 heavy (non-hydrogen) atoms. The van der Waals surface area contributed by atoms with Crippen molar-refractivity contribution in [3.8, 4) is 0 Å². The van der Waals surface area contributed by atoms with E-state index in [0.717, 1.165) is 6.42 Å². The highest BCUT2D eigenvalue weighted by Gasteiger charge is 2.74. The molecule has 3 saturated heterocycles. The fourth-order valence-electron chi connectivity index (χ4n) is 5.10. The molecule has 2 bridgehead atoms. The van der Waals surface area contributed by atoms with E-state index in [-0.39, 0.29) is 36.5 Å². The van der Waals surface area contributed by atoms with Crippen LogP contribution in [0.1, 0.15) is 46.0 Å². The number of unbranched alkanes of at least 4 members (excludes halogenated alkanes) is 2. The summed E-state index contributed by atoms with van der Waals surface area (Å²) in [4.78, 5) is 40.4. The van der Waals surface area contributed by atoms with Crippen LogP contribution in [-0.4, -0.2) is 71.7 Å². The Morgan fingerprint density at radius 2 is 2.04 bits per heavy atom. The van der Waals surface area contributed by atoms with E-state index < -0.39 is 23.5 Å². The molecule has 5 atom stereocenters. The Morgan fingerprint density at radius 1 is 1.30 bits per heavy atom. The number of aliphatic hydroxyl groups is 1. The monoisotopic (exact) mass is 381 g/mol. The number of fused-ring (bicyclic) bond motifs is 1. The molecule has 0 radical (unpaired) electrons. The molecule has 152 valence electrons. The maximum absolute atomic E-state index is 13.3. The van der Waals surface area contributed by atoms with Crippen LogP contribution in [0.15, 0.2) is 0 Å². The van der Waals surface area contributed by atoms with Crippen molar-refractivity contribution in [2.24, 2.45) is 11.8 Å². The summed E-state index contributed by atoms with van der Waals surface area (Å²) in [6, 6.07) is -0.751. The zero-order valence-electron chi connectivity index (χ0n) is 16.4. The summed E-state index contributed by atoms with van der Waals surface area (Å²) in [5.74, 6) is -1.69. The topological polar surface area (TPSA) is 108 Å². The molecule has 0 aromatic rings. The number of nitrogens with zero attached hydrogens (tertiary/aromatic N) is 1. The van der Waals surface area contributed by atoms with E-state index in [9.17, 15) is 14.4 Å². The standard InChI is InChI=1S/C19H31N3O5/c1-11(2)21-17(25)15-19-8-7-12(27-19)13(16(24)20-3)14(19)18(26)22(15)9-5-4-6-10-23/h11-15,23H,4-10H2,1-3H3,(H,20,24)(H,21,25)/t12-,13+,14-,15?,19?/m0/s1. The number of rotatable bonds is 8. The predicted octanol–water partition coefficient (Wildman–Crippen LogP) is -0.206. The van der Waals surface area contributed by atoms with Gasteiger partial charge in [0.15, 0.2) is 0 Å². The Labute approximate surface area is 160 Å². The summed E-state index contributed by atoms with van der Waals surface area (Å²) in [5, 5.41) is 14.6. The van der Waals surface area contributed by atoms with E-state index in [1.165, 1.54) is 0 Å². The lowest BCUT2D eigenvalue weighted by atomic mass is 9.70. The Hall–Kier alpha value is -1.67. The summed E-state index contributed by atoms with van der Waals surface area (Å²) in [6.45, 7) is 4.31. The van der Waals surface area contributed by atoms with Gasteiger partial charge in [-0.1, -0.05) is 0 Å². The van der Waals surface area contributed by atoms with Crippen molar-refractivity contribution >= 4 is 17.7 Å². The van der Waals surface area contributed by atoms with Gasteiger partial charge in [0.05, 0.1) is 17.9 Å². The number of carbonyl (C=O) groups excluding carboxylic acids is 3. The summed E-state index contributed by atoms with van der Waals surface area (Å²) >= 11 is 0. The molecule has 3 heterocycles. The van der Waals surface area contributed by atoms with Gasteiger partial charge in [0.1, 0.15) is 11.6 Å². The minimum atomic E-state index is -0.908. The zero-order valence-corrected chi connectivity index (χ0v) is 16.4. The second kappa shape index (κ2) is 7.75. The molecule has 0 aromatic heterocycles. The smallest absolute Gasteiger partial charge is 0.246 e. The van der Waals surface area contributed by atoms with Crippen molar-refractivity contribution in [3.63, 3.8) is 0 Å². The largest absolute Gasteiger partial charge is 0.396 e. The van der Waals surface area contributed by atoms with Gasteiger partial charge in [-0.3, -0.25) is 14.4 Å². The van der Waals surface area contributed by atoms with Crippen LogP contribution in [0.5, 0.6) is 0 Å². The van der Waals surface area contributed by atoms with Crippen molar-refractivity contribution in [3.05, 3.63) is 0 Å². The van der Waals surface area contributed by atoms with Gasteiger partial charge in [0, 0.05) is 26.2 Å². The SMILES string of the molecule is CNC(=O)[C@@H]1[C@@H]2CCC3(O2)C(C(=O)NC(C)C)N(CCCCCO)C(=O)[C@H]13. The number of nitrogens with one attached hydrogen (secondary N) is 2. The van der Waals surface area contributed by atoms with Crippen molar-refractivity contribution in [2.75, 3.05) is 20.2 Å². The molecule has 1 spiro atoms. The molecule has 0 saturated carbocycles. The molecule has 8 heteroatoms. The quantitative estimate of drug-likeness (QED) is 0.505. The van der Waals surface area contributed by atoms with E-state index in [1.54, 1.807) is 11.9 Å². The fourth-order valence-corrected chi connectivity index (χ4v) is 5.10. The Kier molecular flexibility index (Phi) is 5.76. The van der Waals surface area contributed by atoms with Crippen LogP contribution in [0.3, 0.4) is 0 Å². The molecule has 0 aromatic carbocycles. The van der Waals surface area contributed by atoms with Crippen LogP contribution in [0.2, 0.25) is 0 Å². The van der Waals surface area contributed by atoms with E-state index >= 15 is 0 Å². The molecule has 3 fully saturated rings. The first-order valence-electron chi connectivity index (χ1n) is 9.98. The average Bonchev–Trinajstić information content (AvgIpc) is 3.25. The molecule has 3 aliphatic rings. The highest BCUT2D eigenvalue weighted by molar-refractivity contribution is 5.98. The lowest BCUT2D eigenvalue weighted by Gasteiger charge is -2.34. The van der Waals surface area contributed by atoms with Gasteiger partial charge in [-0.2, -0.15) is 0 Å². The second-order valence-corrected chi connectivity index (χ2v) is 8.15. The van der Waals surface area contributed by atoms with Gasteiger partial charge in [-0.15, -0.1) is 0 Å². The third kappa shape index (κ3) is 3.23. The summed E-state index contributed by atoms with van der Waals surface area (Å²) < 4.78 is 6.24. The highest BCUT2D eigenvalue weighted by atomic mass is 16.5. The average molecular weight is 381 g/mol. The molecule has 3 aliphatic heterocycles. The third-order valence-corrected chi connectivity index (χ3v) is 6.09. The number of ether oxygens (including phenoxy) is 1. The van der Waals surface area contributed by atoms with E-state index in [4.69, 9.17) is 9.84 Å². The van der Waals surface area contributed by atoms with Crippen molar-refractivity contribution in [2.45, 2.75) is 69.7 Å². The van der Waals surface area contributed by atoms with Crippen molar-refractivity contribution in [1.82, 2.24) is 15.5 Å². The predicted molar refractivity (Wildman–Crippen MR) is 97.6 cm³/mol. The number of amides is 3. The first kappa shape index (κ1) is 20.1. The minimum Gasteiger partial charge on any atom is -0.396 e. The number of hydrogen-bond donors (Lipinski definition) is 3. The molecule has 0 aliphatic carbocycles. The van der Waals surface area contributed by atoms with Crippen molar-refractivity contribution < 1.29 is 24.2 Å². The molecule has 3 N–H and O–H groups in total. The molecule has 2 unspecified atom stereocenters. The Morgan fingerprint density at radius 3 is 2.67 bits per heavy atom.